The van der Waals surface area contributed by atoms with Crippen LogP contribution in [0, 0.1) is 13.8 Å². The molecule has 0 fully saturated rings. The van der Waals surface area contributed by atoms with Crippen LogP contribution in [-0.4, -0.2) is 13.6 Å². The minimum Gasteiger partial charge on any atom is -0.329 e. The SMILES string of the molecule is CNC(CN)c1ccc(C)c(C)c1. The molecule has 0 bridgehead atoms. The Morgan fingerprint density at radius 2 is 2.00 bits per heavy atom. The van der Waals surface area contributed by atoms with E-state index in [1.807, 2.05) is 7.05 Å². The zero-order valence-corrected chi connectivity index (χ0v) is 8.59. The molecule has 0 amide bonds. The highest BCUT2D eigenvalue weighted by Gasteiger charge is 2.06. The number of aryl methyl sites for hydroxylation is 2. The van der Waals surface area contributed by atoms with Gasteiger partial charge in [-0.05, 0) is 37.6 Å². The lowest BCUT2D eigenvalue weighted by Gasteiger charge is -2.15. The second-order valence-corrected chi connectivity index (χ2v) is 3.42. The summed E-state index contributed by atoms with van der Waals surface area (Å²) in [6, 6.07) is 6.75. The molecule has 0 aliphatic heterocycles. The zero-order chi connectivity index (χ0) is 9.84. The average molecular weight is 178 g/mol. The van der Waals surface area contributed by atoms with E-state index in [4.69, 9.17) is 5.73 Å². The smallest absolute Gasteiger partial charge is 0.0442 e. The topological polar surface area (TPSA) is 38.0 Å². The summed E-state index contributed by atoms with van der Waals surface area (Å²) in [6.45, 7) is 4.89. The lowest BCUT2D eigenvalue weighted by molar-refractivity contribution is 0.605. The summed E-state index contributed by atoms with van der Waals surface area (Å²) in [6.07, 6.45) is 0. The molecule has 13 heavy (non-hydrogen) atoms. The largest absolute Gasteiger partial charge is 0.329 e. The molecular formula is C11H18N2. The van der Waals surface area contributed by atoms with Crippen molar-refractivity contribution in [2.75, 3.05) is 13.6 Å². The Labute approximate surface area is 80.1 Å². The molecule has 2 heteroatoms. The predicted octanol–water partition coefficient (Wildman–Crippen LogP) is 1.52. The van der Waals surface area contributed by atoms with E-state index in [0.717, 1.165) is 0 Å². The van der Waals surface area contributed by atoms with Crippen LogP contribution >= 0.6 is 0 Å². The molecule has 1 aromatic carbocycles. The van der Waals surface area contributed by atoms with Gasteiger partial charge in [0.15, 0.2) is 0 Å². The number of benzene rings is 1. The summed E-state index contributed by atoms with van der Waals surface area (Å²) in [4.78, 5) is 0. The van der Waals surface area contributed by atoms with Gasteiger partial charge in [0, 0.05) is 12.6 Å². The molecule has 1 aromatic rings. The van der Waals surface area contributed by atoms with Gasteiger partial charge in [-0.15, -0.1) is 0 Å². The van der Waals surface area contributed by atoms with Crippen LogP contribution in [0.2, 0.25) is 0 Å². The summed E-state index contributed by atoms with van der Waals surface area (Å²) < 4.78 is 0. The van der Waals surface area contributed by atoms with E-state index in [1.54, 1.807) is 0 Å². The predicted molar refractivity (Wildman–Crippen MR) is 56.8 cm³/mol. The highest BCUT2D eigenvalue weighted by Crippen LogP contribution is 2.15. The number of nitrogens with two attached hydrogens (primary N) is 1. The van der Waals surface area contributed by atoms with Gasteiger partial charge >= 0.3 is 0 Å². The van der Waals surface area contributed by atoms with Gasteiger partial charge < -0.3 is 11.1 Å². The van der Waals surface area contributed by atoms with E-state index in [9.17, 15) is 0 Å². The fraction of sp³-hybridized carbons (Fsp3) is 0.455. The third kappa shape index (κ3) is 2.29. The number of hydrogen-bond acceptors (Lipinski definition) is 2. The van der Waals surface area contributed by atoms with Crippen LogP contribution < -0.4 is 11.1 Å². The minimum absolute atomic E-state index is 0.277. The normalized spacial score (nSPS) is 12.9. The van der Waals surface area contributed by atoms with Crippen molar-refractivity contribution in [3.63, 3.8) is 0 Å². The van der Waals surface area contributed by atoms with Gasteiger partial charge in [0.1, 0.15) is 0 Å². The van der Waals surface area contributed by atoms with Crippen molar-refractivity contribution in [2.24, 2.45) is 5.73 Å². The van der Waals surface area contributed by atoms with Crippen molar-refractivity contribution < 1.29 is 0 Å². The molecule has 0 saturated heterocycles. The maximum absolute atomic E-state index is 5.64. The van der Waals surface area contributed by atoms with E-state index < -0.39 is 0 Å². The molecule has 1 rings (SSSR count). The maximum atomic E-state index is 5.64. The summed E-state index contributed by atoms with van der Waals surface area (Å²) in [5.41, 5.74) is 9.57. The van der Waals surface area contributed by atoms with E-state index in [2.05, 4.69) is 37.4 Å². The highest BCUT2D eigenvalue weighted by atomic mass is 14.9. The van der Waals surface area contributed by atoms with Gasteiger partial charge in [-0.2, -0.15) is 0 Å². The Morgan fingerprint density at radius 3 is 2.46 bits per heavy atom. The first-order chi connectivity index (χ1) is 6.19. The number of nitrogens with one attached hydrogen (secondary N) is 1. The van der Waals surface area contributed by atoms with Crippen molar-refractivity contribution in [1.29, 1.82) is 0 Å². The van der Waals surface area contributed by atoms with Gasteiger partial charge in [0.05, 0.1) is 0 Å². The standard InChI is InChI=1S/C11H18N2/c1-8-4-5-10(6-9(8)2)11(7-12)13-3/h4-6,11,13H,7,12H2,1-3H3. The lowest BCUT2D eigenvalue weighted by Crippen LogP contribution is -2.24. The summed E-state index contributed by atoms with van der Waals surface area (Å²) in [5.74, 6) is 0. The Kier molecular flexibility index (Phi) is 3.46. The van der Waals surface area contributed by atoms with Crippen LogP contribution in [0.4, 0.5) is 0 Å². The highest BCUT2D eigenvalue weighted by molar-refractivity contribution is 5.31. The minimum atomic E-state index is 0.277. The molecule has 3 N–H and O–H groups in total. The molecule has 1 atom stereocenters. The average Bonchev–Trinajstić information content (AvgIpc) is 2.13. The Morgan fingerprint density at radius 1 is 1.31 bits per heavy atom. The van der Waals surface area contributed by atoms with Crippen LogP contribution in [-0.2, 0) is 0 Å². The van der Waals surface area contributed by atoms with Crippen molar-refractivity contribution in [2.45, 2.75) is 19.9 Å². The van der Waals surface area contributed by atoms with E-state index in [1.165, 1.54) is 16.7 Å². The van der Waals surface area contributed by atoms with E-state index >= 15 is 0 Å². The molecule has 0 aliphatic rings. The van der Waals surface area contributed by atoms with Crippen molar-refractivity contribution >= 4 is 0 Å². The first-order valence-corrected chi connectivity index (χ1v) is 4.63. The molecule has 0 saturated carbocycles. The van der Waals surface area contributed by atoms with Crippen molar-refractivity contribution in [1.82, 2.24) is 5.32 Å². The number of likely N-dealkylation sites (N-methyl/N-ethyl adjacent to an activating group) is 1. The van der Waals surface area contributed by atoms with Crippen molar-refractivity contribution in [3.05, 3.63) is 34.9 Å². The third-order valence-corrected chi connectivity index (χ3v) is 2.52. The molecule has 0 aromatic heterocycles. The van der Waals surface area contributed by atoms with Crippen LogP contribution in [0.1, 0.15) is 22.7 Å². The van der Waals surface area contributed by atoms with Crippen molar-refractivity contribution in [3.8, 4) is 0 Å². The van der Waals surface area contributed by atoms with Crippen LogP contribution in [0.25, 0.3) is 0 Å². The van der Waals surface area contributed by atoms with Gasteiger partial charge in [-0.3, -0.25) is 0 Å². The summed E-state index contributed by atoms with van der Waals surface area (Å²) >= 11 is 0. The molecule has 0 radical (unpaired) electrons. The number of hydrogen-bond donors (Lipinski definition) is 2. The Bertz CT molecular complexity index is 277. The van der Waals surface area contributed by atoms with Gasteiger partial charge in [0.25, 0.3) is 0 Å². The first-order valence-electron chi connectivity index (χ1n) is 4.63. The second kappa shape index (κ2) is 4.40. The van der Waals surface area contributed by atoms with E-state index in [0.29, 0.717) is 6.54 Å². The number of rotatable bonds is 3. The zero-order valence-electron chi connectivity index (χ0n) is 8.59. The quantitative estimate of drug-likeness (QED) is 0.736. The molecular weight excluding hydrogens is 160 g/mol. The first kappa shape index (κ1) is 10.2. The van der Waals surface area contributed by atoms with Crippen LogP contribution in [0.5, 0.6) is 0 Å². The Hall–Kier alpha value is -0.860. The molecule has 0 spiro atoms. The monoisotopic (exact) mass is 178 g/mol. The van der Waals surface area contributed by atoms with Gasteiger partial charge in [0.2, 0.25) is 0 Å². The lowest BCUT2D eigenvalue weighted by atomic mass is 10.0. The molecule has 0 aliphatic carbocycles. The Balaban J connectivity index is 2.95. The summed E-state index contributed by atoms with van der Waals surface area (Å²) in [5, 5.41) is 3.19. The fourth-order valence-corrected chi connectivity index (χ4v) is 1.40. The van der Waals surface area contributed by atoms with Gasteiger partial charge in [-0.25, -0.2) is 0 Å². The third-order valence-electron chi connectivity index (χ3n) is 2.52. The molecule has 72 valence electrons. The van der Waals surface area contributed by atoms with Crippen LogP contribution in [0.15, 0.2) is 18.2 Å². The van der Waals surface area contributed by atoms with Crippen LogP contribution in [0.3, 0.4) is 0 Å². The van der Waals surface area contributed by atoms with E-state index in [-0.39, 0.29) is 6.04 Å². The molecule has 0 heterocycles. The fourth-order valence-electron chi connectivity index (χ4n) is 1.40. The van der Waals surface area contributed by atoms with Gasteiger partial charge in [-0.1, -0.05) is 18.2 Å². The molecule has 2 nitrogen and oxygen atoms in total. The molecule has 1 unspecified atom stereocenters. The second-order valence-electron chi connectivity index (χ2n) is 3.42. The maximum Gasteiger partial charge on any atom is 0.0442 e. The summed E-state index contributed by atoms with van der Waals surface area (Å²) in [7, 11) is 1.94.